The third-order valence-electron chi connectivity index (χ3n) is 2.63. The maximum atomic E-state index is 14.0. The summed E-state index contributed by atoms with van der Waals surface area (Å²) >= 11 is 0. The monoisotopic (exact) mass is 317 g/mol. The van der Waals surface area contributed by atoms with Crippen molar-refractivity contribution in [1.29, 1.82) is 0 Å². The highest BCUT2D eigenvalue weighted by molar-refractivity contribution is 7.89. The van der Waals surface area contributed by atoms with Gasteiger partial charge in [0.2, 0.25) is 10.0 Å². The average Bonchev–Trinajstić information content (AvgIpc) is 2.37. The van der Waals surface area contributed by atoms with Crippen molar-refractivity contribution in [3.8, 4) is 12.3 Å². The van der Waals surface area contributed by atoms with Gasteiger partial charge < -0.3 is 5.11 Å². The molecule has 0 bridgehead atoms. The molecule has 0 heterocycles. The summed E-state index contributed by atoms with van der Waals surface area (Å²) in [7, 11) is -4.34. The van der Waals surface area contributed by atoms with Gasteiger partial charge in [-0.3, -0.25) is 0 Å². The van der Waals surface area contributed by atoms with Gasteiger partial charge in [-0.2, -0.15) is 4.31 Å². The minimum Gasteiger partial charge on any atom is -0.477 e. The minimum atomic E-state index is -4.34. The number of carbonyl (C=O) groups is 1. The van der Waals surface area contributed by atoms with Crippen LogP contribution in [0.2, 0.25) is 0 Å². The smallest absolute Gasteiger partial charge is 0.341 e. The number of nitrogens with zero attached hydrogens (tertiary/aromatic N) is 1. The van der Waals surface area contributed by atoms with Crippen LogP contribution in [0.3, 0.4) is 0 Å². The SMILES string of the molecule is C#CCN(CCC)S(=O)(=O)c1ccc(F)c(C(=O)O)c1F. The van der Waals surface area contributed by atoms with Gasteiger partial charge >= 0.3 is 5.97 Å². The van der Waals surface area contributed by atoms with Crippen LogP contribution in [0.4, 0.5) is 8.78 Å². The van der Waals surface area contributed by atoms with Crippen LogP contribution in [0.15, 0.2) is 17.0 Å². The molecule has 114 valence electrons. The van der Waals surface area contributed by atoms with Gasteiger partial charge in [0.15, 0.2) is 5.82 Å². The Bertz CT molecular complexity index is 695. The minimum absolute atomic E-state index is 0.0335. The maximum Gasteiger partial charge on any atom is 0.341 e. The Morgan fingerprint density at radius 2 is 2.05 bits per heavy atom. The summed E-state index contributed by atoms with van der Waals surface area (Å²) in [5.74, 6) is -2.74. The molecule has 0 atom stereocenters. The highest BCUT2D eigenvalue weighted by Gasteiger charge is 2.30. The van der Waals surface area contributed by atoms with Crippen molar-refractivity contribution in [3.05, 3.63) is 29.3 Å². The molecule has 1 N–H and O–H groups in total. The quantitative estimate of drug-likeness (QED) is 0.810. The molecule has 0 saturated heterocycles. The molecule has 0 spiro atoms. The number of terminal acetylenes is 1. The lowest BCUT2D eigenvalue weighted by molar-refractivity contribution is 0.0685. The Morgan fingerprint density at radius 1 is 1.43 bits per heavy atom. The fourth-order valence-electron chi connectivity index (χ4n) is 1.70. The summed E-state index contributed by atoms with van der Waals surface area (Å²) in [4.78, 5) is 9.91. The summed E-state index contributed by atoms with van der Waals surface area (Å²) in [6.07, 6.45) is 5.50. The Hall–Kier alpha value is -1.98. The number of rotatable bonds is 6. The molecule has 0 aromatic heterocycles. The lowest BCUT2D eigenvalue weighted by Gasteiger charge is -2.19. The number of aromatic carboxylic acids is 1. The molecule has 8 heteroatoms. The van der Waals surface area contributed by atoms with Crippen LogP contribution >= 0.6 is 0 Å². The summed E-state index contributed by atoms with van der Waals surface area (Å²) < 4.78 is 52.8. The van der Waals surface area contributed by atoms with Crippen LogP contribution < -0.4 is 0 Å². The van der Waals surface area contributed by atoms with Crippen molar-refractivity contribution < 1.29 is 27.1 Å². The van der Waals surface area contributed by atoms with E-state index in [9.17, 15) is 22.0 Å². The number of carboxylic acids is 1. The van der Waals surface area contributed by atoms with Crippen LogP contribution in [-0.4, -0.2) is 36.9 Å². The second kappa shape index (κ2) is 6.65. The zero-order chi connectivity index (χ0) is 16.2. The summed E-state index contributed by atoms with van der Waals surface area (Å²) in [5, 5.41) is 8.76. The molecule has 1 aromatic carbocycles. The Labute approximate surface area is 121 Å². The van der Waals surface area contributed by atoms with Crippen LogP contribution in [-0.2, 0) is 10.0 Å². The number of hydrogen-bond acceptors (Lipinski definition) is 3. The fourth-order valence-corrected chi connectivity index (χ4v) is 3.22. The number of halogens is 2. The second-order valence-corrected chi connectivity index (χ2v) is 5.99. The summed E-state index contributed by atoms with van der Waals surface area (Å²) in [5.41, 5.74) is -1.31. The van der Waals surface area contributed by atoms with E-state index in [0.717, 1.165) is 4.31 Å². The first kappa shape index (κ1) is 17.1. The predicted octanol–water partition coefficient (Wildman–Crippen LogP) is 1.70. The Balaban J connectivity index is 3.48. The van der Waals surface area contributed by atoms with E-state index >= 15 is 0 Å². The van der Waals surface area contributed by atoms with Gasteiger partial charge in [0.05, 0.1) is 6.54 Å². The molecule has 0 aliphatic heterocycles. The van der Waals surface area contributed by atoms with Gasteiger partial charge in [-0.1, -0.05) is 12.8 Å². The van der Waals surface area contributed by atoms with Gasteiger partial charge in [-0.25, -0.2) is 22.0 Å². The van der Waals surface area contributed by atoms with Crippen LogP contribution in [0.5, 0.6) is 0 Å². The van der Waals surface area contributed by atoms with E-state index in [1.165, 1.54) is 0 Å². The van der Waals surface area contributed by atoms with E-state index in [4.69, 9.17) is 11.5 Å². The number of sulfonamides is 1. The van der Waals surface area contributed by atoms with Gasteiger partial charge in [0.25, 0.3) is 0 Å². The van der Waals surface area contributed by atoms with Crippen molar-refractivity contribution >= 4 is 16.0 Å². The summed E-state index contributed by atoms with van der Waals surface area (Å²) in [6.45, 7) is 1.43. The first-order valence-electron chi connectivity index (χ1n) is 5.92. The van der Waals surface area contributed by atoms with Gasteiger partial charge in [-0.05, 0) is 18.6 Å². The molecule has 0 unspecified atom stereocenters. The third kappa shape index (κ3) is 3.37. The van der Waals surface area contributed by atoms with E-state index < -0.39 is 38.1 Å². The zero-order valence-corrected chi connectivity index (χ0v) is 12.0. The van der Waals surface area contributed by atoms with E-state index in [0.29, 0.717) is 18.6 Å². The second-order valence-electron chi connectivity index (χ2n) is 4.08. The van der Waals surface area contributed by atoms with Gasteiger partial charge in [0, 0.05) is 6.54 Å². The Morgan fingerprint density at radius 3 is 2.52 bits per heavy atom. The highest BCUT2D eigenvalue weighted by atomic mass is 32.2. The highest BCUT2D eigenvalue weighted by Crippen LogP contribution is 2.24. The van der Waals surface area contributed by atoms with Crippen molar-refractivity contribution in [2.45, 2.75) is 18.2 Å². The summed E-state index contributed by atoms with van der Waals surface area (Å²) in [6, 6.07) is 1.28. The first-order chi connectivity index (χ1) is 9.77. The van der Waals surface area contributed by atoms with Crippen molar-refractivity contribution in [1.82, 2.24) is 4.31 Å². The molecule has 0 saturated carbocycles. The molecular weight excluding hydrogens is 304 g/mol. The van der Waals surface area contributed by atoms with Crippen molar-refractivity contribution in [2.75, 3.05) is 13.1 Å². The van der Waals surface area contributed by atoms with Gasteiger partial charge in [-0.15, -0.1) is 6.42 Å². The number of carboxylic acid groups (broad SMARTS) is 1. The van der Waals surface area contributed by atoms with E-state index in [1.807, 2.05) is 0 Å². The van der Waals surface area contributed by atoms with Crippen LogP contribution in [0.1, 0.15) is 23.7 Å². The zero-order valence-electron chi connectivity index (χ0n) is 11.1. The normalized spacial score (nSPS) is 11.4. The van der Waals surface area contributed by atoms with E-state index in [-0.39, 0.29) is 13.1 Å². The van der Waals surface area contributed by atoms with E-state index in [1.54, 1.807) is 6.92 Å². The largest absolute Gasteiger partial charge is 0.477 e. The molecule has 5 nitrogen and oxygen atoms in total. The molecular formula is C13H13F2NO4S. The lowest BCUT2D eigenvalue weighted by Crippen LogP contribution is -2.33. The molecule has 21 heavy (non-hydrogen) atoms. The molecule has 0 fully saturated rings. The van der Waals surface area contributed by atoms with Crippen LogP contribution in [0, 0.1) is 24.0 Å². The molecule has 0 aliphatic carbocycles. The topological polar surface area (TPSA) is 74.7 Å². The molecule has 0 aliphatic rings. The fraction of sp³-hybridized carbons (Fsp3) is 0.308. The third-order valence-corrected chi connectivity index (χ3v) is 4.49. The number of benzene rings is 1. The predicted molar refractivity (Wildman–Crippen MR) is 71.2 cm³/mol. The first-order valence-corrected chi connectivity index (χ1v) is 7.36. The number of hydrogen-bond donors (Lipinski definition) is 1. The average molecular weight is 317 g/mol. The maximum absolute atomic E-state index is 14.0. The molecule has 1 rings (SSSR count). The molecule has 1 aromatic rings. The molecule has 0 radical (unpaired) electrons. The molecule has 0 amide bonds. The van der Waals surface area contributed by atoms with Gasteiger partial charge in [0.1, 0.15) is 16.3 Å². The Kier molecular flexibility index (Phi) is 5.41. The van der Waals surface area contributed by atoms with Crippen LogP contribution in [0.25, 0.3) is 0 Å². The van der Waals surface area contributed by atoms with E-state index in [2.05, 4.69) is 5.92 Å². The van der Waals surface area contributed by atoms with Crippen molar-refractivity contribution in [2.24, 2.45) is 0 Å². The standard InChI is InChI=1S/C13H13F2NO4S/c1-3-7-16(8-4-2)21(19,20)10-6-5-9(14)11(12(10)15)13(17)18/h1,5-6H,4,7-8H2,2H3,(H,17,18). The lowest BCUT2D eigenvalue weighted by atomic mass is 10.2. The van der Waals surface area contributed by atoms with Crippen molar-refractivity contribution in [3.63, 3.8) is 0 Å².